The van der Waals surface area contributed by atoms with Gasteiger partial charge in [0.1, 0.15) is 12.8 Å². The van der Waals surface area contributed by atoms with Gasteiger partial charge in [0.2, 0.25) is 0 Å². The molecule has 1 N–H and O–H groups in total. The molecule has 4 atom stereocenters. The zero-order chi connectivity index (χ0) is 18.7. The molecule has 3 rings (SSSR count). The van der Waals surface area contributed by atoms with Crippen LogP contribution in [0.25, 0.3) is 0 Å². The summed E-state index contributed by atoms with van der Waals surface area (Å²) in [5.74, 6) is -0.0911. The maximum atomic E-state index is 12.7. The van der Waals surface area contributed by atoms with Crippen LogP contribution in [0.3, 0.4) is 0 Å². The summed E-state index contributed by atoms with van der Waals surface area (Å²) in [5, 5.41) is 10.4. The monoisotopic (exact) mass is 360 g/mol. The van der Waals surface area contributed by atoms with Crippen LogP contribution in [0.4, 0.5) is 0 Å². The maximum Gasteiger partial charge on any atom is 0.335 e. The number of aliphatic hydroxyl groups excluding tert-OH is 1. The molecule has 0 radical (unpaired) electrons. The van der Waals surface area contributed by atoms with Crippen molar-refractivity contribution in [3.05, 3.63) is 69.0 Å². The SMILES string of the molecule is CC[C@@H]1O[C@@H](n2ccc(=O)n(COCc3ccccc3)c2=O)[C@H](O)[C@H]1C. The number of rotatable bonds is 6. The van der Waals surface area contributed by atoms with Crippen LogP contribution < -0.4 is 11.2 Å². The Morgan fingerprint density at radius 2 is 1.92 bits per heavy atom. The van der Waals surface area contributed by atoms with Crippen LogP contribution in [0.1, 0.15) is 32.1 Å². The highest BCUT2D eigenvalue weighted by Crippen LogP contribution is 2.34. The van der Waals surface area contributed by atoms with Gasteiger partial charge in [-0.3, -0.25) is 9.36 Å². The van der Waals surface area contributed by atoms with Crippen molar-refractivity contribution >= 4 is 0 Å². The first-order valence-corrected chi connectivity index (χ1v) is 8.80. The molecule has 0 unspecified atom stereocenters. The molecule has 0 spiro atoms. The van der Waals surface area contributed by atoms with Crippen LogP contribution in [-0.4, -0.2) is 26.4 Å². The van der Waals surface area contributed by atoms with Gasteiger partial charge in [-0.15, -0.1) is 0 Å². The third kappa shape index (κ3) is 3.65. The van der Waals surface area contributed by atoms with E-state index in [0.29, 0.717) is 6.61 Å². The minimum absolute atomic E-state index is 0.0911. The van der Waals surface area contributed by atoms with Crippen LogP contribution >= 0.6 is 0 Å². The topological polar surface area (TPSA) is 82.7 Å². The van der Waals surface area contributed by atoms with Crippen LogP contribution in [-0.2, 0) is 22.8 Å². The zero-order valence-corrected chi connectivity index (χ0v) is 14.9. The van der Waals surface area contributed by atoms with Gasteiger partial charge in [-0.1, -0.05) is 44.2 Å². The molecule has 2 aromatic rings. The molecule has 1 aliphatic heterocycles. The van der Waals surface area contributed by atoms with Gasteiger partial charge in [0.05, 0.1) is 12.7 Å². The average Bonchev–Trinajstić information content (AvgIpc) is 2.93. The molecule has 0 amide bonds. The molecule has 1 aromatic heterocycles. The summed E-state index contributed by atoms with van der Waals surface area (Å²) in [6.07, 6.45) is 0.370. The summed E-state index contributed by atoms with van der Waals surface area (Å²) in [6, 6.07) is 10.8. The number of aliphatic hydroxyl groups is 1. The first-order valence-electron chi connectivity index (χ1n) is 8.80. The van der Waals surface area contributed by atoms with Gasteiger partial charge in [0, 0.05) is 18.2 Å². The van der Waals surface area contributed by atoms with Crippen molar-refractivity contribution in [2.45, 2.75) is 52.0 Å². The zero-order valence-electron chi connectivity index (χ0n) is 14.9. The first-order chi connectivity index (χ1) is 12.5. The summed E-state index contributed by atoms with van der Waals surface area (Å²) >= 11 is 0. The van der Waals surface area contributed by atoms with E-state index in [1.54, 1.807) is 0 Å². The fourth-order valence-corrected chi connectivity index (χ4v) is 3.23. The van der Waals surface area contributed by atoms with E-state index in [9.17, 15) is 14.7 Å². The van der Waals surface area contributed by atoms with E-state index in [-0.39, 0.29) is 18.8 Å². The lowest BCUT2D eigenvalue weighted by Gasteiger charge is -2.19. The number of aromatic nitrogens is 2. The van der Waals surface area contributed by atoms with Gasteiger partial charge in [-0.25, -0.2) is 9.36 Å². The van der Waals surface area contributed by atoms with Crippen molar-refractivity contribution in [3.63, 3.8) is 0 Å². The molecule has 7 heteroatoms. The normalized spacial score (nSPS) is 25.5. The lowest BCUT2D eigenvalue weighted by Crippen LogP contribution is -2.42. The van der Waals surface area contributed by atoms with E-state index in [2.05, 4.69) is 0 Å². The van der Waals surface area contributed by atoms with Gasteiger partial charge < -0.3 is 14.6 Å². The summed E-state index contributed by atoms with van der Waals surface area (Å²) < 4.78 is 13.6. The Morgan fingerprint density at radius 3 is 2.58 bits per heavy atom. The third-order valence-electron chi connectivity index (χ3n) is 4.84. The summed E-state index contributed by atoms with van der Waals surface area (Å²) in [7, 11) is 0. The third-order valence-corrected chi connectivity index (χ3v) is 4.84. The smallest absolute Gasteiger partial charge is 0.335 e. The molecule has 0 saturated carbocycles. The number of hydrogen-bond donors (Lipinski definition) is 1. The second-order valence-electron chi connectivity index (χ2n) is 6.56. The summed E-state index contributed by atoms with van der Waals surface area (Å²) in [5.41, 5.74) is -0.0589. The molecule has 1 aromatic carbocycles. The average molecular weight is 360 g/mol. The Kier molecular flexibility index (Phi) is 5.70. The Bertz CT molecular complexity index is 845. The Morgan fingerprint density at radius 1 is 1.19 bits per heavy atom. The number of hydrogen-bond acceptors (Lipinski definition) is 5. The Labute approximate surface area is 151 Å². The maximum absolute atomic E-state index is 12.7. The Hall–Kier alpha value is -2.22. The van der Waals surface area contributed by atoms with E-state index in [0.717, 1.165) is 16.6 Å². The Balaban J connectivity index is 1.79. The minimum Gasteiger partial charge on any atom is -0.388 e. The molecule has 0 bridgehead atoms. The second kappa shape index (κ2) is 7.99. The van der Waals surface area contributed by atoms with Crippen molar-refractivity contribution in [1.82, 2.24) is 9.13 Å². The first kappa shape index (κ1) is 18.6. The second-order valence-corrected chi connectivity index (χ2v) is 6.56. The molecule has 140 valence electrons. The molecule has 26 heavy (non-hydrogen) atoms. The standard InChI is InChI=1S/C19H24N2O5/c1-3-15-13(2)17(23)18(26-15)20-10-9-16(22)21(19(20)24)12-25-11-14-7-5-4-6-8-14/h4-10,13,15,17-18,23H,3,11-12H2,1-2H3/t13-,15-,17+,18+/m0/s1. The van der Waals surface area contributed by atoms with Gasteiger partial charge >= 0.3 is 5.69 Å². The van der Waals surface area contributed by atoms with Crippen molar-refractivity contribution in [2.24, 2.45) is 5.92 Å². The van der Waals surface area contributed by atoms with E-state index >= 15 is 0 Å². The summed E-state index contributed by atoms with van der Waals surface area (Å²) in [4.78, 5) is 24.8. The largest absolute Gasteiger partial charge is 0.388 e. The molecule has 1 aliphatic rings. The molecule has 1 fully saturated rings. The predicted molar refractivity (Wildman–Crippen MR) is 95.6 cm³/mol. The fourth-order valence-electron chi connectivity index (χ4n) is 3.23. The molecular formula is C19H24N2O5. The molecule has 0 aliphatic carbocycles. The molecule has 2 heterocycles. The van der Waals surface area contributed by atoms with Gasteiger partial charge in [0.25, 0.3) is 5.56 Å². The molecular weight excluding hydrogens is 336 g/mol. The molecule has 7 nitrogen and oxygen atoms in total. The van der Waals surface area contributed by atoms with Crippen LogP contribution in [0, 0.1) is 5.92 Å². The van der Waals surface area contributed by atoms with Crippen LogP contribution in [0.2, 0.25) is 0 Å². The molecule has 1 saturated heterocycles. The quantitative estimate of drug-likeness (QED) is 0.844. The minimum atomic E-state index is -0.811. The fraction of sp³-hybridized carbons (Fsp3) is 0.474. The highest BCUT2D eigenvalue weighted by Gasteiger charge is 2.41. The van der Waals surface area contributed by atoms with Crippen molar-refractivity contribution in [3.8, 4) is 0 Å². The van der Waals surface area contributed by atoms with E-state index in [1.165, 1.54) is 16.8 Å². The number of benzene rings is 1. The van der Waals surface area contributed by atoms with E-state index < -0.39 is 23.6 Å². The lowest BCUT2D eigenvalue weighted by atomic mass is 9.99. The highest BCUT2D eigenvalue weighted by molar-refractivity contribution is 5.13. The van der Waals surface area contributed by atoms with Crippen LogP contribution in [0.5, 0.6) is 0 Å². The predicted octanol–water partition coefficient (Wildman–Crippen LogP) is 1.49. The van der Waals surface area contributed by atoms with Gasteiger partial charge in [-0.2, -0.15) is 0 Å². The van der Waals surface area contributed by atoms with E-state index in [1.807, 2.05) is 44.2 Å². The highest BCUT2D eigenvalue weighted by atomic mass is 16.5. The lowest BCUT2D eigenvalue weighted by molar-refractivity contribution is -0.0427. The van der Waals surface area contributed by atoms with Gasteiger partial charge in [-0.05, 0) is 12.0 Å². The van der Waals surface area contributed by atoms with Gasteiger partial charge in [0.15, 0.2) is 6.23 Å². The number of nitrogens with zero attached hydrogens (tertiary/aromatic N) is 2. The van der Waals surface area contributed by atoms with Crippen molar-refractivity contribution in [2.75, 3.05) is 0 Å². The van der Waals surface area contributed by atoms with E-state index in [4.69, 9.17) is 9.47 Å². The number of ether oxygens (including phenoxy) is 2. The summed E-state index contributed by atoms with van der Waals surface area (Å²) in [6.45, 7) is 3.99. The van der Waals surface area contributed by atoms with Crippen molar-refractivity contribution < 1.29 is 14.6 Å². The van der Waals surface area contributed by atoms with Crippen LogP contribution in [0.15, 0.2) is 52.2 Å². The van der Waals surface area contributed by atoms with Crippen molar-refractivity contribution in [1.29, 1.82) is 0 Å².